The number of nitrogens with zero attached hydrogens (tertiary/aromatic N) is 1. The number of likely N-dealkylation sites (N-methyl/N-ethyl adjacent to an activating group) is 1. The fourth-order valence-electron chi connectivity index (χ4n) is 3.83. The number of benzene rings is 1. The highest BCUT2D eigenvalue weighted by Gasteiger charge is 2.28. The van der Waals surface area contributed by atoms with E-state index in [4.69, 9.17) is 0 Å². The average molecular weight is 272 g/mol. The first kappa shape index (κ1) is 13.6. The van der Waals surface area contributed by atoms with E-state index in [2.05, 4.69) is 30.6 Å². The summed E-state index contributed by atoms with van der Waals surface area (Å²) in [5.41, 5.74) is 3.62. The Hall–Kier alpha value is -1.35. The second-order valence-electron chi connectivity index (χ2n) is 6.18. The molecule has 3 rings (SSSR count). The molecule has 0 bridgehead atoms. The van der Waals surface area contributed by atoms with Gasteiger partial charge >= 0.3 is 0 Å². The monoisotopic (exact) mass is 272 g/mol. The van der Waals surface area contributed by atoms with Crippen LogP contribution in [0.1, 0.15) is 49.3 Å². The lowest BCUT2D eigenvalue weighted by Crippen LogP contribution is -2.27. The van der Waals surface area contributed by atoms with E-state index in [1.54, 1.807) is 4.90 Å². The maximum atomic E-state index is 11.8. The highest BCUT2D eigenvalue weighted by molar-refractivity contribution is 6.00. The summed E-state index contributed by atoms with van der Waals surface area (Å²) >= 11 is 0. The van der Waals surface area contributed by atoms with Crippen molar-refractivity contribution in [3.8, 4) is 0 Å². The van der Waals surface area contributed by atoms with Crippen molar-refractivity contribution in [1.82, 2.24) is 5.32 Å². The number of hydrogen-bond acceptors (Lipinski definition) is 2. The van der Waals surface area contributed by atoms with Gasteiger partial charge in [0.2, 0.25) is 5.91 Å². The molecule has 1 aromatic carbocycles. The van der Waals surface area contributed by atoms with E-state index in [0.717, 1.165) is 11.6 Å². The number of amides is 1. The number of rotatable bonds is 3. The lowest BCUT2D eigenvalue weighted by Gasteiger charge is -2.30. The van der Waals surface area contributed by atoms with Gasteiger partial charge in [0.05, 0.1) is 6.42 Å². The van der Waals surface area contributed by atoms with Gasteiger partial charge in [-0.05, 0) is 43.0 Å². The molecule has 1 saturated carbocycles. The molecular formula is C17H24N2O. The lowest BCUT2D eigenvalue weighted by atomic mass is 9.81. The fraction of sp³-hybridized carbons (Fsp3) is 0.588. The van der Waals surface area contributed by atoms with Gasteiger partial charge in [-0.2, -0.15) is 0 Å². The Kier molecular flexibility index (Phi) is 3.79. The maximum absolute atomic E-state index is 11.8. The number of hydrogen-bond donors (Lipinski definition) is 1. The van der Waals surface area contributed by atoms with Gasteiger partial charge in [-0.15, -0.1) is 0 Å². The minimum Gasteiger partial charge on any atom is -0.315 e. The van der Waals surface area contributed by atoms with E-state index in [-0.39, 0.29) is 5.91 Å². The number of nitrogens with one attached hydrogen (secondary N) is 1. The summed E-state index contributed by atoms with van der Waals surface area (Å²) in [5.74, 6) is 0.942. The van der Waals surface area contributed by atoms with Crippen LogP contribution in [0.3, 0.4) is 0 Å². The van der Waals surface area contributed by atoms with Crippen molar-refractivity contribution in [2.45, 2.75) is 44.6 Å². The molecule has 108 valence electrons. The van der Waals surface area contributed by atoms with Crippen LogP contribution < -0.4 is 10.2 Å². The molecule has 1 heterocycles. The smallest absolute Gasteiger partial charge is 0.231 e. The molecule has 20 heavy (non-hydrogen) atoms. The first-order valence-electron chi connectivity index (χ1n) is 7.77. The van der Waals surface area contributed by atoms with Crippen LogP contribution in [0.5, 0.6) is 0 Å². The summed E-state index contributed by atoms with van der Waals surface area (Å²) in [6.45, 7) is 0. The zero-order valence-electron chi connectivity index (χ0n) is 12.5. The topological polar surface area (TPSA) is 32.3 Å². The Bertz CT molecular complexity index is 506. The van der Waals surface area contributed by atoms with Crippen LogP contribution in [0, 0.1) is 5.92 Å². The molecule has 0 saturated heterocycles. The number of carbonyl (C=O) groups excluding carboxylic acids is 1. The molecule has 1 N–H and O–H groups in total. The van der Waals surface area contributed by atoms with E-state index in [9.17, 15) is 4.79 Å². The molecule has 1 aliphatic carbocycles. The minimum absolute atomic E-state index is 0.204. The third-order valence-electron chi connectivity index (χ3n) is 4.97. The van der Waals surface area contributed by atoms with Crippen LogP contribution in [-0.4, -0.2) is 20.0 Å². The first-order chi connectivity index (χ1) is 9.70. The third-order valence-corrected chi connectivity index (χ3v) is 4.97. The summed E-state index contributed by atoms with van der Waals surface area (Å²) in [7, 11) is 3.92. The van der Waals surface area contributed by atoms with E-state index >= 15 is 0 Å². The second-order valence-corrected chi connectivity index (χ2v) is 6.18. The Morgan fingerprint density at radius 2 is 2.00 bits per heavy atom. The molecule has 0 aromatic heterocycles. The van der Waals surface area contributed by atoms with Crippen LogP contribution in [0.2, 0.25) is 0 Å². The van der Waals surface area contributed by atoms with Crippen molar-refractivity contribution in [3.05, 3.63) is 29.3 Å². The SMILES string of the molecule is CNC(c1ccc2c(c1)CC(=O)N2C)C1CCCCC1. The zero-order chi connectivity index (χ0) is 14.1. The van der Waals surface area contributed by atoms with Gasteiger partial charge in [0.1, 0.15) is 0 Å². The standard InChI is InChI=1S/C17H24N2O/c1-18-17(12-6-4-3-5-7-12)13-8-9-15-14(10-13)11-16(20)19(15)2/h8-10,12,17-18H,3-7,11H2,1-2H3. The molecular weight excluding hydrogens is 248 g/mol. The van der Waals surface area contributed by atoms with Gasteiger partial charge in [-0.1, -0.05) is 31.4 Å². The summed E-state index contributed by atoms with van der Waals surface area (Å²) in [5, 5.41) is 3.50. The summed E-state index contributed by atoms with van der Waals surface area (Å²) in [6.07, 6.45) is 7.30. The van der Waals surface area contributed by atoms with Crippen molar-refractivity contribution in [1.29, 1.82) is 0 Å². The van der Waals surface area contributed by atoms with Crippen molar-refractivity contribution < 1.29 is 4.79 Å². The van der Waals surface area contributed by atoms with E-state index in [1.165, 1.54) is 43.2 Å². The molecule has 3 heteroatoms. The highest BCUT2D eigenvalue weighted by atomic mass is 16.2. The average Bonchev–Trinajstić information content (AvgIpc) is 2.76. The fourth-order valence-corrected chi connectivity index (χ4v) is 3.83. The predicted octanol–water partition coefficient (Wildman–Crippen LogP) is 3.05. The van der Waals surface area contributed by atoms with Crippen molar-refractivity contribution >= 4 is 11.6 Å². The molecule has 1 fully saturated rings. The van der Waals surface area contributed by atoms with Gasteiger partial charge in [-0.25, -0.2) is 0 Å². The highest BCUT2D eigenvalue weighted by Crippen LogP contribution is 2.37. The van der Waals surface area contributed by atoms with Crippen LogP contribution in [0.4, 0.5) is 5.69 Å². The maximum Gasteiger partial charge on any atom is 0.231 e. The molecule has 1 aliphatic heterocycles. The van der Waals surface area contributed by atoms with Crippen LogP contribution in [0.25, 0.3) is 0 Å². The Morgan fingerprint density at radius 1 is 1.25 bits per heavy atom. The van der Waals surface area contributed by atoms with Gasteiger partial charge in [-0.3, -0.25) is 4.79 Å². The van der Waals surface area contributed by atoms with Crippen LogP contribution >= 0.6 is 0 Å². The van der Waals surface area contributed by atoms with E-state index in [0.29, 0.717) is 12.5 Å². The normalized spacial score (nSPS) is 21.1. The van der Waals surface area contributed by atoms with E-state index in [1.807, 2.05) is 7.05 Å². The van der Waals surface area contributed by atoms with Crippen LogP contribution in [0.15, 0.2) is 18.2 Å². The first-order valence-corrected chi connectivity index (χ1v) is 7.77. The lowest BCUT2D eigenvalue weighted by molar-refractivity contribution is -0.117. The predicted molar refractivity (Wildman–Crippen MR) is 81.9 cm³/mol. The van der Waals surface area contributed by atoms with Crippen molar-refractivity contribution in [2.75, 3.05) is 19.0 Å². The molecule has 1 atom stereocenters. The third kappa shape index (κ3) is 2.35. The summed E-state index contributed by atoms with van der Waals surface area (Å²) < 4.78 is 0. The van der Waals surface area contributed by atoms with Gasteiger partial charge in [0.15, 0.2) is 0 Å². The Morgan fingerprint density at radius 3 is 2.70 bits per heavy atom. The van der Waals surface area contributed by atoms with Crippen LogP contribution in [-0.2, 0) is 11.2 Å². The largest absolute Gasteiger partial charge is 0.315 e. The number of anilines is 1. The minimum atomic E-state index is 0.204. The molecule has 1 aromatic rings. The summed E-state index contributed by atoms with van der Waals surface area (Å²) in [6, 6.07) is 6.99. The molecule has 2 aliphatic rings. The Labute approximate surface area is 121 Å². The molecule has 3 nitrogen and oxygen atoms in total. The van der Waals surface area contributed by atoms with E-state index < -0.39 is 0 Å². The molecule has 0 radical (unpaired) electrons. The number of fused-ring (bicyclic) bond motifs is 1. The quantitative estimate of drug-likeness (QED) is 0.917. The van der Waals surface area contributed by atoms with Gasteiger partial charge in [0, 0.05) is 18.8 Å². The van der Waals surface area contributed by atoms with Crippen molar-refractivity contribution in [3.63, 3.8) is 0 Å². The molecule has 0 spiro atoms. The summed E-state index contributed by atoms with van der Waals surface area (Å²) in [4.78, 5) is 13.6. The number of carbonyl (C=O) groups is 1. The molecule has 1 unspecified atom stereocenters. The molecule has 1 amide bonds. The Balaban J connectivity index is 1.86. The zero-order valence-corrected chi connectivity index (χ0v) is 12.5. The van der Waals surface area contributed by atoms with Gasteiger partial charge < -0.3 is 10.2 Å². The second kappa shape index (κ2) is 5.57. The van der Waals surface area contributed by atoms with Crippen molar-refractivity contribution in [2.24, 2.45) is 5.92 Å². The van der Waals surface area contributed by atoms with Gasteiger partial charge in [0.25, 0.3) is 0 Å².